The molecule has 0 aliphatic carbocycles. The third-order valence-corrected chi connectivity index (χ3v) is 2.78. The van der Waals surface area contributed by atoms with E-state index in [0.717, 1.165) is 18.4 Å². The van der Waals surface area contributed by atoms with Gasteiger partial charge in [-0.1, -0.05) is 43.9 Å². The maximum absolute atomic E-state index is 12.9. The highest BCUT2D eigenvalue weighted by Crippen LogP contribution is 2.22. The molecule has 3 heteroatoms. The molecule has 0 radical (unpaired) electrons. The summed E-state index contributed by atoms with van der Waals surface area (Å²) in [4.78, 5) is 0. The summed E-state index contributed by atoms with van der Waals surface area (Å²) in [7, 11) is 0. The van der Waals surface area contributed by atoms with E-state index >= 15 is 0 Å². The molecule has 1 aromatic carbocycles. The van der Waals surface area contributed by atoms with Crippen LogP contribution in [0.2, 0.25) is 5.02 Å². The Bertz CT molecular complexity index is 314. The topological polar surface area (TPSA) is 26.0 Å². The Labute approximate surface area is 95.4 Å². The molecule has 1 nitrogen and oxygen atoms in total. The molecule has 1 aromatic rings. The minimum Gasteiger partial charge on any atom is -0.324 e. The number of benzene rings is 1. The molecule has 0 bridgehead atoms. The monoisotopic (exact) mass is 229 g/mol. The molecule has 0 fully saturated rings. The lowest BCUT2D eigenvalue weighted by Crippen LogP contribution is -2.10. The first kappa shape index (κ1) is 12.5. The van der Waals surface area contributed by atoms with Crippen LogP contribution in [0.25, 0.3) is 0 Å². The average Bonchev–Trinajstić information content (AvgIpc) is 2.22. The highest BCUT2D eigenvalue weighted by molar-refractivity contribution is 6.30. The molecule has 0 aromatic heterocycles. The van der Waals surface area contributed by atoms with Crippen LogP contribution in [0.4, 0.5) is 4.39 Å². The zero-order valence-electron chi connectivity index (χ0n) is 8.97. The quantitative estimate of drug-likeness (QED) is 0.758. The van der Waals surface area contributed by atoms with E-state index in [-0.39, 0.29) is 16.9 Å². The largest absolute Gasteiger partial charge is 0.324 e. The van der Waals surface area contributed by atoms with Crippen LogP contribution in [0.15, 0.2) is 18.2 Å². The van der Waals surface area contributed by atoms with E-state index in [4.69, 9.17) is 17.3 Å². The Kier molecular flexibility index (Phi) is 5.06. The van der Waals surface area contributed by atoms with Gasteiger partial charge in [0.1, 0.15) is 5.82 Å². The SMILES string of the molecule is CCCCC[C@H](N)c1ccc(F)c(Cl)c1. The zero-order chi connectivity index (χ0) is 11.3. The number of hydrogen-bond acceptors (Lipinski definition) is 1. The molecule has 0 heterocycles. The Balaban J connectivity index is 2.57. The van der Waals surface area contributed by atoms with E-state index in [0.29, 0.717) is 0 Å². The molecule has 0 amide bonds. The second-order valence-corrected chi connectivity index (χ2v) is 4.18. The van der Waals surface area contributed by atoms with Gasteiger partial charge in [0.15, 0.2) is 0 Å². The van der Waals surface area contributed by atoms with Crippen LogP contribution in [-0.2, 0) is 0 Å². The van der Waals surface area contributed by atoms with E-state index in [1.807, 2.05) is 0 Å². The van der Waals surface area contributed by atoms with Gasteiger partial charge in [-0.25, -0.2) is 4.39 Å². The summed E-state index contributed by atoms with van der Waals surface area (Å²) in [6.07, 6.45) is 4.39. The van der Waals surface area contributed by atoms with E-state index in [9.17, 15) is 4.39 Å². The number of hydrogen-bond donors (Lipinski definition) is 1. The van der Waals surface area contributed by atoms with Gasteiger partial charge in [-0.05, 0) is 24.1 Å². The maximum Gasteiger partial charge on any atom is 0.141 e. The van der Waals surface area contributed by atoms with Gasteiger partial charge >= 0.3 is 0 Å². The van der Waals surface area contributed by atoms with Crippen molar-refractivity contribution in [1.29, 1.82) is 0 Å². The molecule has 0 saturated heterocycles. The lowest BCUT2D eigenvalue weighted by molar-refractivity contribution is 0.578. The molecule has 0 spiro atoms. The van der Waals surface area contributed by atoms with Gasteiger partial charge in [0.05, 0.1) is 5.02 Å². The lowest BCUT2D eigenvalue weighted by Gasteiger charge is -2.12. The Morgan fingerprint density at radius 1 is 1.40 bits per heavy atom. The van der Waals surface area contributed by atoms with Crippen LogP contribution < -0.4 is 5.73 Å². The second kappa shape index (κ2) is 6.09. The minimum atomic E-state index is -0.388. The van der Waals surface area contributed by atoms with Crippen molar-refractivity contribution in [2.45, 2.75) is 38.6 Å². The highest BCUT2D eigenvalue weighted by atomic mass is 35.5. The van der Waals surface area contributed by atoms with Gasteiger partial charge in [-0.3, -0.25) is 0 Å². The first-order chi connectivity index (χ1) is 7.15. The number of rotatable bonds is 5. The fraction of sp³-hybridized carbons (Fsp3) is 0.500. The normalized spacial score (nSPS) is 12.8. The summed E-state index contributed by atoms with van der Waals surface area (Å²) in [5.74, 6) is -0.388. The Morgan fingerprint density at radius 3 is 2.73 bits per heavy atom. The molecule has 1 atom stereocenters. The van der Waals surface area contributed by atoms with Gasteiger partial charge in [0.25, 0.3) is 0 Å². The van der Waals surface area contributed by atoms with Crippen LogP contribution in [0.5, 0.6) is 0 Å². The predicted molar refractivity (Wildman–Crippen MR) is 62.5 cm³/mol. The number of nitrogens with two attached hydrogens (primary N) is 1. The van der Waals surface area contributed by atoms with E-state index in [1.165, 1.54) is 18.9 Å². The molecule has 0 saturated carbocycles. The molecule has 0 aliphatic heterocycles. The molecule has 0 unspecified atom stereocenters. The minimum absolute atomic E-state index is 0.0327. The van der Waals surface area contributed by atoms with Crippen molar-refractivity contribution in [2.24, 2.45) is 5.73 Å². The number of halogens is 2. The number of unbranched alkanes of at least 4 members (excludes halogenated alkanes) is 2. The van der Waals surface area contributed by atoms with Gasteiger partial charge in [-0.2, -0.15) is 0 Å². The molecular formula is C12H17ClFN. The fourth-order valence-electron chi connectivity index (χ4n) is 1.52. The molecule has 15 heavy (non-hydrogen) atoms. The van der Waals surface area contributed by atoms with Crippen molar-refractivity contribution in [1.82, 2.24) is 0 Å². The third kappa shape index (κ3) is 3.80. The molecular weight excluding hydrogens is 213 g/mol. The van der Waals surface area contributed by atoms with Crippen molar-refractivity contribution in [2.75, 3.05) is 0 Å². The Morgan fingerprint density at radius 2 is 2.13 bits per heavy atom. The smallest absolute Gasteiger partial charge is 0.141 e. The standard InChI is InChI=1S/C12H17ClFN/c1-2-3-4-5-12(15)9-6-7-11(14)10(13)8-9/h6-8,12H,2-5,15H2,1H3/t12-/m0/s1. The van der Waals surface area contributed by atoms with Gasteiger partial charge in [-0.15, -0.1) is 0 Å². The van der Waals surface area contributed by atoms with Crippen molar-refractivity contribution in [3.8, 4) is 0 Å². The predicted octanol–water partition coefficient (Wildman–Crippen LogP) is 4.06. The van der Waals surface area contributed by atoms with Gasteiger partial charge in [0, 0.05) is 6.04 Å². The van der Waals surface area contributed by atoms with Crippen LogP contribution in [0.3, 0.4) is 0 Å². The summed E-state index contributed by atoms with van der Waals surface area (Å²) in [5.41, 5.74) is 6.89. The van der Waals surface area contributed by atoms with Crippen LogP contribution in [0.1, 0.15) is 44.2 Å². The van der Waals surface area contributed by atoms with Crippen molar-refractivity contribution >= 4 is 11.6 Å². The summed E-state index contributed by atoms with van der Waals surface area (Å²) in [6.45, 7) is 2.15. The van der Waals surface area contributed by atoms with E-state index in [1.54, 1.807) is 12.1 Å². The average molecular weight is 230 g/mol. The Hall–Kier alpha value is -0.600. The van der Waals surface area contributed by atoms with Crippen molar-refractivity contribution in [3.05, 3.63) is 34.6 Å². The van der Waals surface area contributed by atoms with Gasteiger partial charge in [0.2, 0.25) is 0 Å². The summed E-state index contributed by atoms with van der Waals surface area (Å²) in [6, 6.07) is 4.66. The summed E-state index contributed by atoms with van der Waals surface area (Å²) in [5, 5.41) is 0.151. The van der Waals surface area contributed by atoms with Crippen molar-refractivity contribution < 1.29 is 4.39 Å². The third-order valence-electron chi connectivity index (χ3n) is 2.49. The highest BCUT2D eigenvalue weighted by Gasteiger charge is 2.08. The molecule has 2 N–H and O–H groups in total. The van der Waals surface area contributed by atoms with Crippen LogP contribution >= 0.6 is 11.6 Å². The van der Waals surface area contributed by atoms with Crippen LogP contribution in [0, 0.1) is 5.82 Å². The van der Waals surface area contributed by atoms with Gasteiger partial charge < -0.3 is 5.73 Å². The summed E-state index contributed by atoms with van der Waals surface area (Å²) < 4.78 is 12.9. The lowest BCUT2D eigenvalue weighted by atomic mass is 10.0. The second-order valence-electron chi connectivity index (χ2n) is 3.78. The molecule has 84 valence electrons. The van der Waals surface area contributed by atoms with Crippen LogP contribution in [-0.4, -0.2) is 0 Å². The molecule has 1 rings (SSSR count). The van der Waals surface area contributed by atoms with Crippen molar-refractivity contribution in [3.63, 3.8) is 0 Å². The van der Waals surface area contributed by atoms with E-state index < -0.39 is 0 Å². The van der Waals surface area contributed by atoms with E-state index in [2.05, 4.69) is 6.92 Å². The first-order valence-corrected chi connectivity index (χ1v) is 5.73. The fourth-order valence-corrected chi connectivity index (χ4v) is 1.71. The molecule has 0 aliphatic rings. The first-order valence-electron chi connectivity index (χ1n) is 5.35. The zero-order valence-corrected chi connectivity index (χ0v) is 9.73. The summed E-state index contributed by atoms with van der Waals surface area (Å²) >= 11 is 5.69. The maximum atomic E-state index is 12.9.